The van der Waals surface area contributed by atoms with E-state index in [1.165, 1.54) is 18.9 Å². The van der Waals surface area contributed by atoms with Crippen LogP contribution in [0.4, 0.5) is 0 Å². The smallest absolute Gasteiger partial charge is 0.310 e. The van der Waals surface area contributed by atoms with Gasteiger partial charge in [0.15, 0.2) is 8.32 Å². The number of hydrogen-bond donors (Lipinski definition) is 1. The van der Waals surface area contributed by atoms with Crippen LogP contribution in [0.15, 0.2) is 0 Å². The summed E-state index contributed by atoms with van der Waals surface area (Å²) in [5.41, 5.74) is 5.45. The standard InChI is InChI=1S/C10H29NO2Si3/c1-15(2,3)13-16(4,5)12-14-10-8-6-7-9-11/h6-11,14H2,1-5H3. The van der Waals surface area contributed by atoms with Crippen molar-refractivity contribution in [2.45, 2.75) is 58.0 Å². The molecule has 0 fully saturated rings. The van der Waals surface area contributed by atoms with Gasteiger partial charge in [-0.05, 0) is 51.7 Å². The molecule has 0 atom stereocenters. The van der Waals surface area contributed by atoms with E-state index >= 15 is 0 Å². The SMILES string of the molecule is C[Si](C)(C)O[Si](C)(C)O[SiH2]CCCCCN. The van der Waals surface area contributed by atoms with Gasteiger partial charge in [-0.3, -0.25) is 0 Å². The second-order valence-electron chi connectivity index (χ2n) is 5.67. The summed E-state index contributed by atoms with van der Waals surface area (Å²) in [4.78, 5) is 0. The van der Waals surface area contributed by atoms with Gasteiger partial charge >= 0.3 is 8.56 Å². The quantitative estimate of drug-likeness (QED) is 0.520. The van der Waals surface area contributed by atoms with Crippen LogP contribution in [0.5, 0.6) is 0 Å². The van der Waals surface area contributed by atoms with Gasteiger partial charge in [0.2, 0.25) is 0 Å². The Bertz CT molecular complexity index is 183. The Morgan fingerprint density at radius 1 is 1.00 bits per heavy atom. The topological polar surface area (TPSA) is 44.5 Å². The van der Waals surface area contributed by atoms with E-state index < -0.39 is 16.9 Å². The molecule has 16 heavy (non-hydrogen) atoms. The van der Waals surface area contributed by atoms with Crippen molar-refractivity contribution in [2.75, 3.05) is 6.54 Å². The predicted molar refractivity (Wildman–Crippen MR) is 79.3 cm³/mol. The molecule has 0 saturated heterocycles. The molecule has 0 aromatic heterocycles. The van der Waals surface area contributed by atoms with Gasteiger partial charge in [0.1, 0.15) is 9.76 Å². The monoisotopic (exact) mass is 279 g/mol. The van der Waals surface area contributed by atoms with E-state index in [9.17, 15) is 0 Å². The molecule has 0 aliphatic rings. The molecule has 0 aliphatic heterocycles. The largest absolute Gasteiger partial charge is 0.442 e. The van der Waals surface area contributed by atoms with Gasteiger partial charge in [-0.2, -0.15) is 0 Å². The first-order chi connectivity index (χ1) is 7.27. The van der Waals surface area contributed by atoms with Crippen LogP contribution in [0.25, 0.3) is 0 Å². The molecule has 0 radical (unpaired) electrons. The van der Waals surface area contributed by atoms with Gasteiger partial charge < -0.3 is 14.0 Å². The minimum Gasteiger partial charge on any atom is -0.442 e. The maximum absolute atomic E-state index is 6.12. The molecule has 0 spiro atoms. The Hall–Kier alpha value is 0.531. The van der Waals surface area contributed by atoms with Crippen molar-refractivity contribution in [2.24, 2.45) is 5.73 Å². The van der Waals surface area contributed by atoms with Crippen molar-refractivity contribution >= 4 is 26.6 Å². The Balaban J connectivity index is 3.58. The molecule has 0 saturated carbocycles. The first-order valence-corrected chi connectivity index (χ1v) is 14.1. The van der Waals surface area contributed by atoms with E-state index in [2.05, 4.69) is 32.7 Å². The third-order valence-corrected chi connectivity index (χ3v) is 10.9. The molecular weight excluding hydrogens is 250 g/mol. The summed E-state index contributed by atoms with van der Waals surface area (Å²) in [6, 6.07) is 1.27. The van der Waals surface area contributed by atoms with Crippen molar-refractivity contribution in [1.82, 2.24) is 0 Å². The summed E-state index contributed by atoms with van der Waals surface area (Å²) in [6.07, 6.45) is 3.69. The van der Waals surface area contributed by atoms with Gasteiger partial charge in [-0.1, -0.05) is 12.8 Å². The van der Waals surface area contributed by atoms with E-state index in [1.807, 2.05) is 0 Å². The lowest BCUT2D eigenvalue weighted by Crippen LogP contribution is -2.45. The van der Waals surface area contributed by atoms with E-state index in [1.54, 1.807) is 0 Å². The Morgan fingerprint density at radius 3 is 2.12 bits per heavy atom. The minimum absolute atomic E-state index is 0.372. The molecule has 0 unspecified atom stereocenters. The van der Waals surface area contributed by atoms with Crippen LogP contribution in [-0.2, 0) is 8.23 Å². The molecule has 98 valence electrons. The van der Waals surface area contributed by atoms with E-state index in [0.717, 1.165) is 13.0 Å². The van der Waals surface area contributed by atoms with Crippen molar-refractivity contribution < 1.29 is 8.23 Å². The van der Waals surface area contributed by atoms with E-state index in [4.69, 9.17) is 14.0 Å². The van der Waals surface area contributed by atoms with E-state index in [-0.39, 0.29) is 9.76 Å². The lowest BCUT2D eigenvalue weighted by atomic mass is 10.2. The molecule has 0 bridgehead atoms. The highest BCUT2D eigenvalue weighted by atomic mass is 28.5. The number of unbranched alkanes of at least 4 members (excludes halogenated alkanes) is 2. The molecule has 2 N–H and O–H groups in total. The molecule has 0 rings (SSSR count). The molecule has 0 aliphatic carbocycles. The summed E-state index contributed by atoms with van der Waals surface area (Å²) in [7, 11) is -3.61. The average Bonchev–Trinajstić information content (AvgIpc) is 2.06. The van der Waals surface area contributed by atoms with Crippen LogP contribution < -0.4 is 5.73 Å². The van der Waals surface area contributed by atoms with Crippen molar-refractivity contribution in [3.63, 3.8) is 0 Å². The summed E-state index contributed by atoms with van der Waals surface area (Å²) in [5.74, 6) is 0. The molecule has 0 aromatic rings. The van der Waals surface area contributed by atoms with Crippen LogP contribution in [0.2, 0.25) is 38.8 Å². The fourth-order valence-electron chi connectivity index (χ4n) is 1.68. The second kappa shape index (κ2) is 7.78. The van der Waals surface area contributed by atoms with Crippen LogP contribution in [0.1, 0.15) is 19.3 Å². The highest BCUT2D eigenvalue weighted by molar-refractivity contribution is 6.82. The summed E-state index contributed by atoms with van der Waals surface area (Å²) in [6.45, 7) is 11.9. The van der Waals surface area contributed by atoms with Gasteiger partial charge in [-0.25, -0.2) is 0 Å². The zero-order valence-electron chi connectivity index (χ0n) is 11.6. The van der Waals surface area contributed by atoms with Crippen molar-refractivity contribution in [1.29, 1.82) is 0 Å². The first-order valence-electron chi connectivity index (χ1n) is 6.31. The lowest BCUT2D eigenvalue weighted by molar-refractivity contribution is 0.409. The molecule has 0 heterocycles. The zero-order valence-corrected chi connectivity index (χ0v) is 15.1. The maximum Gasteiger partial charge on any atom is 0.310 e. The molecule has 0 aromatic carbocycles. The van der Waals surface area contributed by atoms with Gasteiger partial charge in [0.25, 0.3) is 0 Å². The number of rotatable bonds is 9. The van der Waals surface area contributed by atoms with Gasteiger partial charge in [-0.15, -0.1) is 0 Å². The van der Waals surface area contributed by atoms with Crippen LogP contribution in [0.3, 0.4) is 0 Å². The Labute approximate surface area is 105 Å². The van der Waals surface area contributed by atoms with Crippen LogP contribution >= 0.6 is 0 Å². The first kappa shape index (κ1) is 16.5. The summed E-state index contributed by atoms with van der Waals surface area (Å²) >= 11 is 0. The fourth-order valence-corrected chi connectivity index (χ4v) is 11.5. The molecule has 0 amide bonds. The number of hydrogen-bond acceptors (Lipinski definition) is 3. The van der Waals surface area contributed by atoms with Gasteiger partial charge in [0, 0.05) is 0 Å². The molecule has 6 heteroatoms. The summed E-state index contributed by atoms with van der Waals surface area (Å²) in [5, 5.41) is 0. The van der Waals surface area contributed by atoms with E-state index in [0.29, 0.717) is 0 Å². The molecular formula is C10H29NO2Si3. The third kappa shape index (κ3) is 11.0. The third-order valence-electron chi connectivity index (χ3n) is 2.10. The minimum atomic E-state index is -1.81. The Kier molecular flexibility index (Phi) is 8.04. The van der Waals surface area contributed by atoms with Crippen LogP contribution in [0, 0.1) is 0 Å². The molecule has 3 nitrogen and oxygen atoms in total. The highest BCUT2D eigenvalue weighted by Gasteiger charge is 2.30. The van der Waals surface area contributed by atoms with Crippen molar-refractivity contribution in [3.05, 3.63) is 0 Å². The summed E-state index contributed by atoms with van der Waals surface area (Å²) < 4.78 is 12.2. The van der Waals surface area contributed by atoms with Crippen LogP contribution in [-0.4, -0.2) is 33.2 Å². The average molecular weight is 280 g/mol. The van der Waals surface area contributed by atoms with Crippen molar-refractivity contribution in [3.8, 4) is 0 Å². The predicted octanol–water partition coefficient (Wildman–Crippen LogP) is 2.19. The lowest BCUT2D eigenvalue weighted by Gasteiger charge is -2.31. The Morgan fingerprint density at radius 2 is 1.62 bits per heavy atom. The number of nitrogens with two attached hydrogens (primary N) is 1. The maximum atomic E-state index is 6.12. The fraction of sp³-hybridized carbons (Fsp3) is 1.00. The highest BCUT2D eigenvalue weighted by Crippen LogP contribution is 2.15. The zero-order chi connectivity index (χ0) is 12.7. The second-order valence-corrected chi connectivity index (χ2v) is 15.8. The van der Waals surface area contributed by atoms with Gasteiger partial charge in [0.05, 0.1) is 0 Å². The normalized spacial score (nSPS) is 13.9.